The molecule has 7 heteroatoms. The number of carbonyl (C=O) groups excluding carboxylic acids is 1. The summed E-state index contributed by atoms with van der Waals surface area (Å²) >= 11 is 0. The molecule has 0 radical (unpaired) electrons. The molecule has 1 saturated carbocycles. The number of amides is 1. The number of rotatable bonds is 5. The molecule has 2 rings (SSSR count). The van der Waals surface area contributed by atoms with Crippen molar-refractivity contribution in [2.24, 2.45) is 5.92 Å². The van der Waals surface area contributed by atoms with Crippen molar-refractivity contribution in [3.05, 3.63) is 39.7 Å². The SMILES string of the molecule is O=C(NOCC1CC1)c1ccc(F)c([N+](=O)[O-])c1. The largest absolute Gasteiger partial charge is 0.305 e. The summed E-state index contributed by atoms with van der Waals surface area (Å²) in [4.78, 5) is 26.1. The van der Waals surface area contributed by atoms with Crippen LogP contribution in [0.15, 0.2) is 18.2 Å². The Labute approximate surface area is 102 Å². The maximum absolute atomic E-state index is 13.0. The quantitative estimate of drug-likeness (QED) is 0.641. The molecular formula is C11H11FN2O4. The molecule has 1 aromatic rings. The zero-order valence-electron chi connectivity index (χ0n) is 9.39. The highest BCUT2D eigenvalue weighted by atomic mass is 19.1. The minimum atomic E-state index is -0.976. The second kappa shape index (κ2) is 5.09. The van der Waals surface area contributed by atoms with Crippen molar-refractivity contribution in [2.45, 2.75) is 12.8 Å². The Kier molecular flexibility index (Phi) is 3.52. The Balaban J connectivity index is 2.00. The number of nitro benzene ring substituents is 1. The molecule has 1 aromatic carbocycles. The summed E-state index contributed by atoms with van der Waals surface area (Å²) in [5, 5.41) is 10.5. The summed E-state index contributed by atoms with van der Waals surface area (Å²) in [5.74, 6) is -1.12. The first kappa shape index (κ1) is 12.4. The van der Waals surface area contributed by atoms with Crippen molar-refractivity contribution in [1.82, 2.24) is 5.48 Å². The monoisotopic (exact) mass is 254 g/mol. The van der Waals surface area contributed by atoms with E-state index in [1.54, 1.807) is 0 Å². The molecule has 1 N–H and O–H groups in total. The third-order valence-corrected chi connectivity index (χ3v) is 2.59. The zero-order chi connectivity index (χ0) is 13.1. The van der Waals surface area contributed by atoms with Gasteiger partial charge in [-0.3, -0.25) is 19.7 Å². The lowest BCUT2D eigenvalue weighted by molar-refractivity contribution is -0.387. The molecule has 0 spiro atoms. The Bertz CT molecular complexity index is 488. The van der Waals surface area contributed by atoms with Gasteiger partial charge in [0.25, 0.3) is 5.91 Å². The van der Waals surface area contributed by atoms with Gasteiger partial charge in [0, 0.05) is 11.6 Å². The van der Waals surface area contributed by atoms with Crippen LogP contribution in [0.3, 0.4) is 0 Å². The average Bonchev–Trinajstić information content (AvgIpc) is 3.13. The van der Waals surface area contributed by atoms with E-state index in [0.717, 1.165) is 31.0 Å². The molecular weight excluding hydrogens is 243 g/mol. The molecule has 0 unspecified atom stereocenters. The Hall–Kier alpha value is -2.02. The molecule has 18 heavy (non-hydrogen) atoms. The van der Waals surface area contributed by atoms with Gasteiger partial charge in [0.15, 0.2) is 0 Å². The van der Waals surface area contributed by atoms with Gasteiger partial charge in [-0.15, -0.1) is 0 Å². The van der Waals surface area contributed by atoms with Gasteiger partial charge in [0.1, 0.15) is 0 Å². The van der Waals surface area contributed by atoms with Crippen LogP contribution >= 0.6 is 0 Å². The van der Waals surface area contributed by atoms with Crippen molar-refractivity contribution >= 4 is 11.6 Å². The number of nitro groups is 1. The summed E-state index contributed by atoms with van der Waals surface area (Å²) < 4.78 is 13.0. The summed E-state index contributed by atoms with van der Waals surface area (Å²) in [5.41, 5.74) is 1.43. The number of hydroxylamine groups is 1. The number of nitrogens with zero attached hydrogens (tertiary/aromatic N) is 1. The van der Waals surface area contributed by atoms with E-state index in [9.17, 15) is 19.3 Å². The fourth-order valence-corrected chi connectivity index (χ4v) is 1.36. The molecule has 0 saturated heterocycles. The average molecular weight is 254 g/mol. The molecule has 0 bridgehead atoms. The van der Waals surface area contributed by atoms with E-state index in [0.29, 0.717) is 12.5 Å². The molecule has 1 fully saturated rings. The van der Waals surface area contributed by atoms with Crippen LogP contribution in [0.2, 0.25) is 0 Å². The zero-order valence-corrected chi connectivity index (χ0v) is 9.39. The predicted molar refractivity (Wildman–Crippen MR) is 59.2 cm³/mol. The first-order chi connectivity index (χ1) is 8.58. The molecule has 96 valence electrons. The molecule has 0 atom stereocenters. The summed E-state index contributed by atoms with van der Waals surface area (Å²) in [6.07, 6.45) is 2.16. The first-order valence-corrected chi connectivity index (χ1v) is 5.44. The topological polar surface area (TPSA) is 81.5 Å². The second-order valence-corrected chi connectivity index (χ2v) is 4.11. The highest BCUT2D eigenvalue weighted by molar-refractivity contribution is 5.94. The number of nitrogens with one attached hydrogen (secondary N) is 1. The first-order valence-electron chi connectivity index (χ1n) is 5.44. The molecule has 6 nitrogen and oxygen atoms in total. The highest BCUT2D eigenvalue weighted by Crippen LogP contribution is 2.28. The van der Waals surface area contributed by atoms with Crippen LogP contribution in [0, 0.1) is 21.8 Å². The fourth-order valence-electron chi connectivity index (χ4n) is 1.36. The van der Waals surface area contributed by atoms with Crippen LogP contribution in [0.4, 0.5) is 10.1 Å². The van der Waals surface area contributed by atoms with Gasteiger partial charge in [-0.05, 0) is 30.9 Å². The fraction of sp³-hybridized carbons (Fsp3) is 0.364. The van der Waals surface area contributed by atoms with Crippen LogP contribution < -0.4 is 5.48 Å². The van der Waals surface area contributed by atoms with Gasteiger partial charge in [-0.25, -0.2) is 5.48 Å². The summed E-state index contributed by atoms with van der Waals surface area (Å²) in [6, 6.07) is 2.93. The van der Waals surface area contributed by atoms with E-state index in [2.05, 4.69) is 5.48 Å². The van der Waals surface area contributed by atoms with Gasteiger partial charge < -0.3 is 0 Å². The highest BCUT2D eigenvalue weighted by Gasteiger charge is 2.22. The maximum atomic E-state index is 13.0. The van der Waals surface area contributed by atoms with Crippen LogP contribution in [0.25, 0.3) is 0 Å². The number of benzene rings is 1. The van der Waals surface area contributed by atoms with Crippen molar-refractivity contribution in [1.29, 1.82) is 0 Å². The molecule has 0 heterocycles. The van der Waals surface area contributed by atoms with Gasteiger partial charge in [0.05, 0.1) is 11.5 Å². The Morgan fingerprint density at radius 3 is 2.89 bits per heavy atom. The van der Waals surface area contributed by atoms with E-state index in [1.165, 1.54) is 0 Å². The molecule has 0 aliphatic heterocycles. The van der Waals surface area contributed by atoms with Crippen molar-refractivity contribution < 1.29 is 18.9 Å². The van der Waals surface area contributed by atoms with E-state index >= 15 is 0 Å². The molecule has 1 aliphatic rings. The minimum absolute atomic E-state index is 0.0149. The van der Waals surface area contributed by atoms with E-state index < -0.39 is 22.3 Å². The van der Waals surface area contributed by atoms with Crippen LogP contribution in [0.1, 0.15) is 23.2 Å². The minimum Gasteiger partial charge on any atom is -0.273 e. The number of halogens is 1. The standard InChI is InChI=1S/C11H11FN2O4/c12-9-4-3-8(5-10(9)14(16)17)11(15)13-18-6-7-1-2-7/h3-5,7H,1-2,6H2,(H,13,15). The molecule has 1 amide bonds. The molecule has 1 aliphatic carbocycles. The maximum Gasteiger partial charge on any atom is 0.305 e. The molecule has 0 aromatic heterocycles. The number of hydrogen-bond donors (Lipinski definition) is 1. The predicted octanol–water partition coefficient (Wildman–Crippen LogP) is 1.81. The summed E-state index contributed by atoms with van der Waals surface area (Å²) in [6.45, 7) is 0.426. The van der Waals surface area contributed by atoms with E-state index in [1.807, 2.05) is 0 Å². The van der Waals surface area contributed by atoms with Crippen LogP contribution in [-0.4, -0.2) is 17.4 Å². The Morgan fingerprint density at radius 1 is 1.56 bits per heavy atom. The van der Waals surface area contributed by atoms with Crippen LogP contribution in [-0.2, 0) is 4.84 Å². The van der Waals surface area contributed by atoms with Crippen LogP contribution in [0.5, 0.6) is 0 Å². The van der Waals surface area contributed by atoms with Crippen molar-refractivity contribution in [3.63, 3.8) is 0 Å². The van der Waals surface area contributed by atoms with E-state index in [-0.39, 0.29) is 5.56 Å². The lowest BCUT2D eigenvalue weighted by Gasteiger charge is -2.05. The van der Waals surface area contributed by atoms with Crippen molar-refractivity contribution in [2.75, 3.05) is 6.61 Å². The lowest BCUT2D eigenvalue weighted by atomic mass is 10.2. The lowest BCUT2D eigenvalue weighted by Crippen LogP contribution is -2.24. The van der Waals surface area contributed by atoms with Gasteiger partial charge in [-0.2, -0.15) is 4.39 Å². The third kappa shape index (κ3) is 3.01. The summed E-state index contributed by atoms with van der Waals surface area (Å²) in [7, 11) is 0. The Morgan fingerprint density at radius 2 is 2.28 bits per heavy atom. The normalized spacial score (nSPS) is 14.3. The van der Waals surface area contributed by atoms with Gasteiger partial charge in [-0.1, -0.05) is 0 Å². The smallest absolute Gasteiger partial charge is 0.273 e. The number of carbonyl (C=O) groups is 1. The van der Waals surface area contributed by atoms with Gasteiger partial charge >= 0.3 is 5.69 Å². The van der Waals surface area contributed by atoms with E-state index in [4.69, 9.17) is 4.84 Å². The third-order valence-electron chi connectivity index (χ3n) is 2.59. The van der Waals surface area contributed by atoms with Crippen molar-refractivity contribution in [3.8, 4) is 0 Å². The number of hydrogen-bond acceptors (Lipinski definition) is 4. The second-order valence-electron chi connectivity index (χ2n) is 4.11. The van der Waals surface area contributed by atoms with Gasteiger partial charge in [0.2, 0.25) is 5.82 Å².